The van der Waals surface area contributed by atoms with Gasteiger partial charge >= 0.3 is 0 Å². The predicted octanol–water partition coefficient (Wildman–Crippen LogP) is 3.98. The van der Waals surface area contributed by atoms with E-state index in [1.807, 2.05) is 26.8 Å². The zero-order chi connectivity index (χ0) is 12.7. The van der Waals surface area contributed by atoms with Gasteiger partial charge in [-0.2, -0.15) is 0 Å². The van der Waals surface area contributed by atoms with Crippen LogP contribution in [-0.2, 0) is 0 Å². The van der Waals surface area contributed by atoms with Crippen LogP contribution in [0.3, 0.4) is 0 Å². The van der Waals surface area contributed by atoms with Gasteiger partial charge in [-0.15, -0.1) is 0 Å². The molecule has 0 aliphatic carbocycles. The third-order valence-electron chi connectivity index (χ3n) is 3.71. The SMILES string of the molecule is Cc1c(C)c(C)c2c([N+](=O)[O-])cccc2c1C. The first-order chi connectivity index (χ1) is 7.95. The first-order valence-corrected chi connectivity index (χ1v) is 5.58. The van der Waals surface area contributed by atoms with Gasteiger partial charge in [-0.3, -0.25) is 10.1 Å². The van der Waals surface area contributed by atoms with Crippen molar-refractivity contribution in [3.8, 4) is 0 Å². The lowest BCUT2D eigenvalue weighted by atomic mass is 9.91. The molecule has 0 atom stereocenters. The largest absolute Gasteiger partial charge is 0.277 e. The van der Waals surface area contributed by atoms with Crippen LogP contribution in [-0.4, -0.2) is 4.92 Å². The highest BCUT2D eigenvalue weighted by atomic mass is 16.6. The van der Waals surface area contributed by atoms with E-state index in [2.05, 4.69) is 6.92 Å². The van der Waals surface area contributed by atoms with Crippen LogP contribution >= 0.6 is 0 Å². The van der Waals surface area contributed by atoms with Crippen LogP contribution in [0.15, 0.2) is 18.2 Å². The van der Waals surface area contributed by atoms with Crippen molar-refractivity contribution in [2.24, 2.45) is 0 Å². The zero-order valence-electron chi connectivity index (χ0n) is 10.5. The molecule has 0 aromatic heterocycles. The highest BCUT2D eigenvalue weighted by molar-refractivity contribution is 5.97. The molecule has 0 bridgehead atoms. The van der Waals surface area contributed by atoms with Gasteiger partial charge in [-0.05, 0) is 55.3 Å². The van der Waals surface area contributed by atoms with E-state index < -0.39 is 0 Å². The van der Waals surface area contributed by atoms with Crippen LogP contribution in [0.2, 0.25) is 0 Å². The maximum atomic E-state index is 11.1. The molecule has 0 saturated carbocycles. The Kier molecular flexibility index (Phi) is 2.62. The summed E-state index contributed by atoms with van der Waals surface area (Å²) in [5, 5.41) is 12.8. The molecule has 0 spiro atoms. The molecule has 17 heavy (non-hydrogen) atoms. The summed E-state index contributed by atoms with van der Waals surface area (Å²) in [6.07, 6.45) is 0. The molecule has 0 amide bonds. The lowest BCUT2D eigenvalue weighted by Gasteiger charge is -2.13. The molecule has 2 rings (SSSR count). The Bertz CT molecular complexity index is 630. The van der Waals surface area contributed by atoms with Crippen molar-refractivity contribution < 1.29 is 4.92 Å². The Labute approximate surface area is 100 Å². The van der Waals surface area contributed by atoms with Gasteiger partial charge in [-0.25, -0.2) is 0 Å². The average molecular weight is 229 g/mol. The topological polar surface area (TPSA) is 43.1 Å². The fourth-order valence-electron chi connectivity index (χ4n) is 2.35. The highest BCUT2D eigenvalue weighted by Crippen LogP contribution is 2.34. The molecule has 0 fully saturated rings. The number of nitro groups is 1. The minimum atomic E-state index is -0.302. The molecular formula is C14H15NO2. The van der Waals surface area contributed by atoms with E-state index in [1.54, 1.807) is 12.1 Å². The summed E-state index contributed by atoms with van der Waals surface area (Å²) in [5.41, 5.74) is 4.70. The van der Waals surface area contributed by atoms with Gasteiger partial charge in [0, 0.05) is 6.07 Å². The van der Waals surface area contributed by atoms with E-state index in [1.165, 1.54) is 5.56 Å². The summed E-state index contributed by atoms with van der Waals surface area (Å²) in [6.45, 7) is 8.06. The standard InChI is InChI=1S/C14H15NO2/c1-8-9(2)11(4)14-12(10(8)3)6-5-7-13(14)15(16)17/h5-7H,1-4H3. The normalized spacial score (nSPS) is 10.8. The maximum absolute atomic E-state index is 11.1. The molecule has 0 radical (unpaired) electrons. The second-order valence-corrected chi connectivity index (χ2v) is 4.46. The highest BCUT2D eigenvalue weighted by Gasteiger charge is 2.17. The first-order valence-electron chi connectivity index (χ1n) is 5.58. The lowest BCUT2D eigenvalue weighted by Crippen LogP contribution is -1.97. The number of benzene rings is 2. The predicted molar refractivity (Wildman–Crippen MR) is 69.6 cm³/mol. The van der Waals surface area contributed by atoms with Crippen LogP contribution < -0.4 is 0 Å². The number of nitro benzene ring substituents is 1. The van der Waals surface area contributed by atoms with Gasteiger partial charge in [0.1, 0.15) is 0 Å². The van der Waals surface area contributed by atoms with Crippen LogP contribution in [0.25, 0.3) is 10.8 Å². The number of hydrogen-bond acceptors (Lipinski definition) is 2. The number of fused-ring (bicyclic) bond motifs is 1. The van der Waals surface area contributed by atoms with Crippen molar-refractivity contribution in [3.05, 3.63) is 50.6 Å². The molecule has 2 aromatic rings. The van der Waals surface area contributed by atoms with E-state index in [4.69, 9.17) is 0 Å². The molecule has 0 aliphatic heterocycles. The Morgan fingerprint density at radius 1 is 0.941 bits per heavy atom. The number of non-ortho nitro benzene ring substituents is 1. The minimum absolute atomic E-state index is 0.200. The molecule has 0 aliphatic rings. The van der Waals surface area contributed by atoms with Crippen molar-refractivity contribution >= 4 is 16.5 Å². The second-order valence-electron chi connectivity index (χ2n) is 4.46. The fraction of sp³-hybridized carbons (Fsp3) is 0.286. The molecule has 0 N–H and O–H groups in total. The van der Waals surface area contributed by atoms with Crippen LogP contribution in [0.4, 0.5) is 5.69 Å². The Morgan fingerprint density at radius 3 is 2.12 bits per heavy atom. The molecule has 0 saturated heterocycles. The fourth-order valence-corrected chi connectivity index (χ4v) is 2.35. The summed E-state index contributed by atoms with van der Waals surface area (Å²) >= 11 is 0. The van der Waals surface area contributed by atoms with Gasteiger partial charge in [-0.1, -0.05) is 12.1 Å². The lowest BCUT2D eigenvalue weighted by molar-refractivity contribution is -0.383. The van der Waals surface area contributed by atoms with Crippen LogP contribution in [0.1, 0.15) is 22.3 Å². The Hall–Kier alpha value is -1.90. The zero-order valence-corrected chi connectivity index (χ0v) is 10.5. The maximum Gasteiger partial charge on any atom is 0.277 e. The second kappa shape index (κ2) is 3.84. The van der Waals surface area contributed by atoms with E-state index in [0.29, 0.717) is 0 Å². The molecule has 3 heteroatoms. The van der Waals surface area contributed by atoms with Gasteiger partial charge in [0.25, 0.3) is 5.69 Å². The summed E-state index contributed by atoms with van der Waals surface area (Å²) in [6, 6.07) is 5.28. The molecular weight excluding hydrogens is 214 g/mol. The van der Waals surface area contributed by atoms with Crippen molar-refractivity contribution in [1.82, 2.24) is 0 Å². The van der Waals surface area contributed by atoms with Crippen LogP contribution in [0, 0.1) is 37.8 Å². The average Bonchev–Trinajstić information content (AvgIpc) is 2.32. The van der Waals surface area contributed by atoms with Crippen molar-refractivity contribution in [3.63, 3.8) is 0 Å². The van der Waals surface area contributed by atoms with E-state index in [-0.39, 0.29) is 10.6 Å². The Balaban J connectivity index is 3.06. The van der Waals surface area contributed by atoms with Gasteiger partial charge in [0.15, 0.2) is 0 Å². The van der Waals surface area contributed by atoms with Crippen molar-refractivity contribution in [1.29, 1.82) is 0 Å². The smallest absolute Gasteiger partial charge is 0.258 e. The van der Waals surface area contributed by atoms with Crippen molar-refractivity contribution in [2.75, 3.05) is 0 Å². The number of hydrogen-bond donors (Lipinski definition) is 0. The van der Waals surface area contributed by atoms with Gasteiger partial charge in [0.05, 0.1) is 10.3 Å². The quantitative estimate of drug-likeness (QED) is 0.548. The van der Waals surface area contributed by atoms with E-state index in [0.717, 1.165) is 27.5 Å². The van der Waals surface area contributed by atoms with Gasteiger partial charge in [0.2, 0.25) is 0 Å². The number of rotatable bonds is 1. The molecule has 0 unspecified atom stereocenters. The third kappa shape index (κ3) is 1.58. The summed E-state index contributed by atoms with van der Waals surface area (Å²) in [4.78, 5) is 10.8. The number of nitrogens with zero attached hydrogens (tertiary/aromatic N) is 1. The summed E-state index contributed by atoms with van der Waals surface area (Å²) < 4.78 is 0. The van der Waals surface area contributed by atoms with E-state index >= 15 is 0 Å². The summed E-state index contributed by atoms with van der Waals surface area (Å²) in [5.74, 6) is 0. The molecule has 3 nitrogen and oxygen atoms in total. The van der Waals surface area contributed by atoms with E-state index in [9.17, 15) is 10.1 Å². The summed E-state index contributed by atoms with van der Waals surface area (Å²) in [7, 11) is 0. The molecule has 88 valence electrons. The molecule has 0 heterocycles. The third-order valence-corrected chi connectivity index (χ3v) is 3.71. The minimum Gasteiger partial charge on any atom is -0.258 e. The molecule has 2 aromatic carbocycles. The first kappa shape index (κ1) is 11.6. The number of aryl methyl sites for hydroxylation is 2. The van der Waals surface area contributed by atoms with Crippen LogP contribution in [0.5, 0.6) is 0 Å². The Morgan fingerprint density at radius 2 is 1.53 bits per heavy atom. The van der Waals surface area contributed by atoms with Crippen molar-refractivity contribution in [2.45, 2.75) is 27.7 Å². The van der Waals surface area contributed by atoms with Gasteiger partial charge < -0.3 is 0 Å². The monoisotopic (exact) mass is 229 g/mol.